The molecule has 1 atom stereocenters. The van der Waals surface area contributed by atoms with Crippen molar-refractivity contribution < 1.29 is 13.9 Å². The van der Waals surface area contributed by atoms with Gasteiger partial charge in [-0.25, -0.2) is 8.78 Å². The molecule has 1 rings (SSSR count). The number of aliphatic hydroxyl groups is 1. The number of hydrogen-bond donors (Lipinski definition) is 1. The van der Waals surface area contributed by atoms with Gasteiger partial charge in [-0.3, -0.25) is 0 Å². The monoisotopic (exact) mass is 278 g/mol. The van der Waals surface area contributed by atoms with Gasteiger partial charge in [0.2, 0.25) is 0 Å². The van der Waals surface area contributed by atoms with Crippen molar-refractivity contribution in [1.82, 2.24) is 0 Å². The van der Waals surface area contributed by atoms with E-state index in [1.807, 2.05) is 6.92 Å². The van der Waals surface area contributed by atoms with Crippen LogP contribution in [0, 0.1) is 6.92 Å². The highest BCUT2D eigenvalue weighted by atomic mass is 79.9. The van der Waals surface area contributed by atoms with Crippen molar-refractivity contribution in [1.29, 1.82) is 0 Å². The molecule has 1 unspecified atom stereocenters. The number of aryl methyl sites for hydroxylation is 1. The standard InChI is InChI=1S/C11H13BrF2O/c1-3-11(15,10(13)14)8-5-4-7(2)9(12)6-8/h4-6,10,15H,3H2,1-2H3. The van der Waals surface area contributed by atoms with Crippen LogP contribution in [0.25, 0.3) is 0 Å². The molecule has 0 aliphatic carbocycles. The van der Waals surface area contributed by atoms with E-state index in [9.17, 15) is 13.9 Å². The van der Waals surface area contributed by atoms with Gasteiger partial charge in [0.05, 0.1) is 0 Å². The second-order valence-electron chi connectivity index (χ2n) is 3.54. The Morgan fingerprint density at radius 1 is 1.47 bits per heavy atom. The van der Waals surface area contributed by atoms with Gasteiger partial charge < -0.3 is 5.11 Å². The summed E-state index contributed by atoms with van der Waals surface area (Å²) in [5, 5.41) is 9.81. The number of hydrogen-bond acceptors (Lipinski definition) is 1. The molecule has 0 aliphatic heterocycles. The van der Waals surface area contributed by atoms with Gasteiger partial charge in [-0.15, -0.1) is 0 Å². The van der Waals surface area contributed by atoms with Crippen molar-refractivity contribution in [2.45, 2.75) is 32.3 Å². The summed E-state index contributed by atoms with van der Waals surface area (Å²) in [6.45, 7) is 3.40. The molecule has 0 aliphatic rings. The van der Waals surface area contributed by atoms with Crippen LogP contribution < -0.4 is 0 Å². The highest BCUT2D eigenvalue weighted by Crippen LogP contribution is 2.33. The molecular weight excluding hydrogens is 266 g/mol. The Labute approximate surface area is 96.2 Å². The molecule has 4 heteroatoms. The Morgan fingerprint density at radius 3 is 2.47 bits per heavy atom. The van der Waals surface area contributed by atoms with Crippen LogP contribution in [0.4, 0.5) is 8.78 Å². The zero-order chi connectivity index (χ0) is 11.6. The lowest BCUT2D eigenvalue weighted by atomic mass is 9.91. The molecule has 0 spiro atoms. The molecule has 0 fully saturated rings. The minimum atomic E-state index is -2.78. The summed E-state index contributed by atoms with van der Waals surface area (Å²) in [5.41, 5.74) is -0.847. The molecule has 0 heterocycles. The topological polar surface area (TPSA) is 20.2 Å². The maximum absolute atomic E-state index is 12.7. The summed E-state index contributed by atoms with van der Waals surface area (Å²) in [7, 11) is 0. The predicted molar refractivity (Wildman–Crippen MR) is 59.1 cm³/mol. The first kappa shape index (κ1) is 12.6. The molecular formula is C11H13BrF2O. The lowest BCUT2D eigenvalue weighted by molar-refractivity contribution is -0.104. The molecule has 1 aromatic rings. The molecule has 84 valence electrons. The molecule has 0 bridgehead atoms. The summed E-state index contributed by atoms with van der Waals surface area (Å²) < 4.78 is 26.2. The minimum Gasteiger partial charge on any atom is -0.379 e. The molecule has 0 saturated heterocycles. The van der Waals surface area contributed by atoms with Crippen molar-refractivity contribution in [2.24, 2.45) is 0 Å². The van der Waals surface area contributed by atoms with Crippen LogP contribution in [0.2, 0.25) is 0 Å². The maximum atomic E-state index is 12.7. The van der Waals surface area contributed by atoms with Crippen LogP contribution in [0.1, 0.15) is 24.5 Å². The van der Waals surface area contributed by atoms with Gasteiger partial charge in [0.1, 0.15) is 5.60 Å². The summed E-state index contributed by atoms with van der Waals surface area (Å²) in [6.07, 6.45) is -2.79. The summed E-state index contributed by atoms with van der Waals surface area (Å²) in [6, 6.07) is 4.79. The Kier molecular flexibility index (Phi) is 3.84. The first-order valence-electron chi connectivity index (χ1n) is 4.69. The average Bonchev–Trinajstić information content (AvgIpc) is 2.20. The van der Waals surface area contributed by atoms with Gasteiger partial charge in [0.15, 0.2) is 0 Å². The average molecular weight is 279 g/mol. The summed E-state index contributed by atoms with van der Waals surface area (Å²) >= 11 is 3.26. The van der Waals surface area contributed by atoms with Crippen molar-refractivity contribution in [3.8, 4) is 0 Å². The van der Waals surface area contributed by atoms with Gasteiger partial charge in [-0.2, -0.15) is 0 Å². The second-order valence-corrected chi connectivity index (χ2v) is 4.40. The molecule has 0 amide bonds. The van der Waals surface area contributed by atoms with E-state index in [-0.39, 0.29) is 12.0 Å². The van der Waals surface area contributed by atoms with E-state index >= 15 is 0 Å². The Balaban J connectivity index is 3.19. The van der Waals surface area contributed by atoms with Gasteiger partial charge in [-0.1, -0.05) is 35.0 Å². The molecule has 0 saturated carbocycles. The summed E-state index contributed by atoms with van der Waals surface area (Å²) in [4.78, 5) is 0. The van der Waals surface area contributed by atoms with Gasteiger partial charge >= 0.3 is 0 Å². The first-order chi connectivity index (χ1) is 6.91. The van der Waals surface area contributed by atoms with Crippen LogP contribution in [0.5, 0.6) is 0 Å². The smallest absolute Gasteiger partial charge is 0.270 e. The van der Waals surface area contributed by atoms with E-state index in [1.54, 1.807) is 19.1 Å². The number of rotatable bonds is 3. The number of benzene rings is 1. The Bertz CT molecular complexity index is 354. The zero-order valence-corrected chi connectivity index (χ0v) is 10.2. The van der Waals surface area contributed by atoms with Crippen molar-refractivity contribution in [2.75, 3.05) is 0 Å². The van der Waals surface area contributed by atoms with Crippen LogP contribution in [0.3, 0.4) is 0 Å². The largest absolute Gasteiger partial charge is 0.379 e. The third kappa shape index (κ3) is 2.37. The maximum Gasteiger partial charge on any atom is 0.270 e. The fourth-order valence-electron chi connectivity index (χ4n) is 1.35. The summed E-state index contributed by atoms with van der Waals surface area (Å²) in [5.74, 6) is 0. The van der Waals surface area contributed by atoms with Crippen molar-refractivity contribution in [3.05, 3.63) is 33.8 Å². The fraction of sp³-hybridized carbons (Fsp3) is 0.455. The third-order valence-corrected chi connectivity index (χ3v) is 3.43. The van der Waals surface area contributed by atoms with E-state index < -0.39 is 12.0 Å². The number of halogens is 3. The van der Waals surface area contributed by atoms with E-state index in [4.69, 9.17) is 0 Å². The first-order valence-corrected chi connectivity index (χ1v) is 5.48. The highest BCUT2D eigenvalue weighted by Gasteiger charge is 2.37. The zero-order valence-electron chi connectivity index (χ0n) is 8.60. The second kappa shape index (κ2) is 4.58. The predicted octanol–water partition coefficient (Wildman–Crippen LogP) is 3.62. The van der Waals surface area contributed by atoms with Gasteiger partial charge in [0, 0.05) is 4.47 Å². The molecule has 15 heavy (non-hydrogen) atoms. The minimum absolute atomic E-state index is 0.0137. The van der Waals surface area contributed by atoms with Crippen molar-refractivity contribution in [3.63, 3.8) is 0 Å². The molecule has 0 radical (unpaired) electrons. The van der Waals surface area contributed by atoms with E-state index in [0.717, 1.165) is 10.0 Å². The van der Waals surface area contributed by atoms with Crippen LogP contribution >= 0.6 is 15.9 Å². The normalized spacial score (nSPS) is 15.4. The lowest BCUT2D eigenvalue weighted by Crippen LogP contribution is -2.33. The van der Waals surface area contributed by atoms with Crippen LogP contribution in [-0.2, 0) is 5.60 Å². The lowest BCUT2D eigenvalue weighted by Gasteiger charge is -2.26. The van der Waals surface area contributed by atoms with Crippen molar-refractivity contribution >= 4 is 15.9 Å². The molecule has 1 aromatic carbocycles. The fourth-order valence-corrected chi connectivity index (χ4v) is 1.73. The highest BCUT2D eigenvalue weighted by molar-refractivity contribution is 9.10. The van der Waals surface area contributed by atoms with Gasteiger partial charge in [-0.05, 0) is 30.5 Å². The van der Waals surface area contributed by atoms with E-state index in [2.05, 4.69) is 15.9 Å². The molecule has 1 nitrogen and oxygen atoms in total. The van der Waals surface area contributed by atoms with E-state index in [0.29, 0.717) is 0 Å². The third-order valence-electron chi connectivity index (χ3n) is 2.57. The number of alkyl halides is 2. The SMILES string of the molecule is CCC(O)(c1ccc(C)c(Br)c1)C(F)F. The van der Waals surface area contributed by atoms with Crippen LogP contribution in [0.15, 0.2) is 22.7 Å². The van der Waals surface area contributed by atoms with E-state index in [1.165, 1.54) is 6.07 Å². The van der Waals surface area contributed by atoms with Gasteiger partial charge in [0.25, 0.3) is 6.43 Å². The Hall–Kier alpha value is -0.480. The van der Waals surface area contributed by atoms with Crippen LogP contribution in [-0.4, -0.2) is 11.5 Å². The Morgan fingerprint density at radius 2 is 2.07 bits per heavy atom. The molecule has 0 aromatic heterocycles. The quantitative estimate of drug-likeness (QED) is 0.896. The molecule has 1 N–H and O–H groups in total.